The molecule has 0 bridgehead atoms. The Morgan fingerprint density at radius 1 is 1.25 bits per heavy atom. The third-order valence-corrected chi connectivity index (χ3v) is 1.85. The van der Waals surface area contributed by atoms with Crippen molar-refractivity contribution in [3.8, 4) is 0 Å². The summed E-state index contributed by atoms with van der Waals surface area (Å²) >= 11 is 0. The number of halogens is 2. The number of hydrogen-bond acceptors (Lipinski definition) is 3. The zero-order chi connectivity index (χ0) is 12.1. The number of Topliss-reactive ketones (excluding diaryl/α,β-unsaturated/α-hetero) is 1. The van der Waals surface area contributed by atoms with Crippen LogP contribution in [0.5, 0.6) is 0 Å². The zero-order valence-electron chi connectivity index (χ0n) is 8.63. The Morgan fingerprint density at radius 3 is 2.50 bits per heavy atom. The topological polar surface area (TPSA) is 43.4 Å². The van der Waals surface area contributed by atoms with Crippen molar-refractivity contribution in [1.29, 1.82) is 0 Å². The summed E-state index contributed by atoms with van der Waals surface area (Å²) in [5.41, 5.74) is 0.233. The molecule has 1 aromatic carbocycles. The van der Waals surface area contributed by atoms with E-state index in [2.05, 4.69) is 4.74 Å². The van der Waals surface area contributed by atoms with E-state index in [-0.39, 0.29) is 18.6 Å². The molecule has 0 aliphatic carbocycles. The highest BCUT2D eigenvalue weighted by atomic mass is 19.2. The van der Waals surface area contributed by atoms with Crippen LogP contribution in [-0.4, -0.2) is 18.4 Å². The van der Waals surface area contributed by atoms with Crippen LogP contribution in [0.4, 0.5) is 8.78 Å². The Labute approximate surface area is 91.0 Å². The number of carbonyl (C=O) groups excluding carboxylic acids is 2. The molecule has 3 nitrogen and oxygen atoms in total. The summed E-state index contributed by atoms with van der Waals surface area (Å²) in [5.74, 6) is -3.79. The van der Waals surface area contributed by atoms with Gasteiger partial charge in [-0.15, -0.1) is 0 Å². The maximum Gasteiger partial charge on any atom is 0.374 e. The molecule has 1 aromatic rings. The number of ketones is 1. The molecule has 16 heavy (non-hydrogen) atoms. The van der Waals surface area contributed by atoms with Crippen LogP contribution in [0.2, 0.25) is 0 Å². The monoisotopic (exact) mass is 228 g/mol. The molecular weight excluding hydrogens is 218 g/mol. The first-order valence-corrected chi connectivity index (χ1v) is 4.68. The Kier molecular flexibility index (Phi) is 4.10. The van der Waals surface area contributed by atoms with Crippen LogP contribution in [0.25, 0.3) is 0 Å². The number of hydrogen-bond donors (Lipinski definition) is 0. The molecule has 1 rings (SSSR count). The molecule has 0 N–H and O–H groups in total. The number of rotatable bonds is 4. The lowest BCUT2D eigenvalue weighted by molar-refractivity contribution is -0.153. The van der Waals surface area contributed by atoms with Crippen molar-refractivity contribution in [2.75, 3.05) is 6.61 Å². The Balaban J connectivity index is 2.70. The molecule has 0 aliphatic heterocycles. The molecule has 0 fully saturated rings. The van der Waals surface area contributed by atoms with Gasteiger partial charge in [-0.2, -0.15) is 0 Å². The first kappa shape index (κ1) is 12.3. The molecule has 0 aliphatic rings. The molecule has 0 saturated heterocycles. The van der Waals surface area contributed by atoms with E-state index in [1.807, 2.05) is 0 Å². The predicted octanol–water partition coefficient (Wildman–Crippen LogP) is 1.64. The van der Waals surface area contributed by atoms with Gasteiger partial charge >= 0.3 is 5.97 Å². The van der Waals surface area contributed by atoms with Crippen LogP contribution in [0.3, 0.4) is 0 Å². The third kappa shape index (κ3) is 3.12. The summed E-state index contributed by atoms with van der Waals surface area (Å²) in [5, 5.41) is 0. The SMILES string of the molecule is CCOC(=O)C(=O)Cc1ccc(F)c(F)c1. The molecular formula is C11H10F2O3. The molecule has 0 unspecified atom stereocenters. The van der Waals surface area contributed by atoms with Crippen molar-refractivity contribution in [2.24, 2.45) is 0 Å². The van der Waals surface area contributed by atoms with Crippen molar-refractivity contribution >= 4 is 11.8 Å². The molecule has 0 radical (unpaired) electrons. The normalized spacial score (nSPS) is 9.94. The van der Waals surface area contributed by atoms with Gasteiger partial charge in [-0.05, 0) is 24.6 Å². The van der Waals surface area contributed by atoms with E-state index in [4.69, 9.17) is 0 Å². The smallest absolute Gasteiger partial charge is 0.374 e. The van der Waals surface area contributed by atoms with Gasteiger partial charge in [0.1, 0.15) is 0 Å². The average molecular weight is 228 g/mol. The molecule has 5 heteroatoms. The minimum atomic E-state index is -1.05. The molecule has 0 saturated carbocycles. The highest BCUT2D eigenvalue weighted by Gasteiger charge is 2.16. The van der Waals surface area contributed by atoms with E-state index in [0.29, 0.717) is 0 Å². The van der Waals surface area contributed by atoms with Gasteiger partial charge in [0.25, 0.3) is 0 Å². The maximum atomic E-state index is 12.8. The van der Waals surface area contributed by atoms with E-state index >= 15 is 0 Å². The third-order valence-electron chi connectivity index (χ3n) is 1.85. The van der Waals surface area contributed by atoms with Gasteiger partial charge in [0, 0.05) is 6.42 Å². The van der Waals surface area contributed by atoms with Gasteiger partial charge in [0.05, 0.1) is 6.61 Å². The Hall–Kier alpha value is -1.78. The van der Waals surface area contributed by atoms with Gasteiger partial charge in [0.15, 0.2) is 11.6 Å². The van der Waals surface area contributed by atoms with Crippen molar-refractivity contribution < 1.29 is 23.1 Å². The van der Waals surface area contributed by atoms with E-state index < -0.39 is 23.4 Å². The molecule has 0 amide bonds. The minimum Gasteiger partial charge on any atom is -0.460 e. The predicted molar refractivity (Wildman–Crippen MR) is 51.7 cm³/mol. The zero-order valence-corrected chi connectivity index (χ0v) is 8.63. The standard InChI is InChI=1S/C11H10F2O3/c1-2-16-11(15)10(14)6-7-3-4-8(12)9(13)5-7/h3-5H,2,6H2,1H3. The Morgan fingerprint density at radius 2 is 1.94 bits per heavy atom. The lowest BCUT2D eigenvalue weighted by Crippen LogP contribution is -2.19. The fourth-order valence-corrected chi connectivity index (χ4v) is 1.12. The van der Waals surface area contributed by atoms with Crippen LogP contribution in [-0.2, 0) is 20.7 Å². The van der Waals surface area contributed by atoms with Crippen LogP contribution in [0.1, 0.15) is 12.5 Å². The first-order chi connectivity index (χ1) is 7.54. The lowest BCUT2D eigenvalue weighted by Gasteiger charge is -2.01. The van der Waals surface area contributed by atoms with E-state index in [0.717, 1.165) is 12.1 Å². The average Bonchev–Trinajstić information content (AvgIpc) is 2.24. The summed E-state index contributed by atoms with van der Waals surface area (Å²) in [6, 6.07) is 3.03. The second-order valence-electron chi connectivity index (χ2n) is 3.07. The molecule has 0 heterocycles. The van der Waals surface area contributed by atoms with Crippen LogP contribution in [0, 0.1) is 11.6 Å². The van der Waals surface area contributed by atoms with Gasteiger partial charge < -0.3 is 4.74 Å². The van der Waals surface area contributed by atoms with Gasteiger partial charge in [-0.3, -0.25) is 4.79 Å². The number of benzene rings is 1. The Bertz CT molecular complexity index is 416. The van der Waals surface area contributed by atoms with Crippen molar-refractivity contribution in [2.45, 2.75) is 13.3 Å². The van der Waals surface area contributed by atoms with Crippen molar-refractivity contribution in [1.82, 2.24) is 0 Å². The van der Waals surface area contributed by atoms with E-state index in [1.54, 1.807) is 6.92 Å². The molecule has 0 spiro atoms. The largest absolute Gasteiger partial charge is 0.460 e. The summed E-state index contributed by atoms with van der Waals surface area (Å²) in [7, 11) is 0. The van der Waals surface area contributed by atoms with Crippen LogP contribution >= 0.6 is 0 Å². The van der Waals surface area contributed by atoms with Crippen molar-refractivity contribution in [3.63, 3.8) is 0 Å². The highest BCUT2D eigenvalue weighted by molar-refractivity contribution is 6.34. The summed E-state index contributed by atoms with van der Waals surface area (Å²) < 4.78 is 29.8. The first-order valence-electron chi connectivity index (χ1n) is 4.68. The van der Waals surface area contributed by atoms with Crippen LogP contribution < -0.4 is 0 Å². The molecule has 86 valence electrons. The highest BCUT2D eigenvalue weighted by Crippen LogP contribution is 2.09. The van der Waals surface area contributed by atoms with Crippen molar-refractivity contribution in [3.05, 3.63) is 35.4 Å². The number of esters is 1. The summed E-state index contributed by atoms with van der Waals surface area (Å²) in [6.45, 7) is 1.67. The molecule has 0 aromatic heterocycles. The lowest BCUT2D eigenvalue weighted by atomic mass is 10.1. The van der Waals surface area contributed by atoms with E-state index in [1.165, 1.54) is 6.07 Å². The maximum absolute atomic E-state index is 12.8. The summed E-state index contributed by atoms with van der Waals surface area (Å²) in [6.07, 6.45) is -0.296. The molecule has 0 atom stereocenters. The van der Waals surface area contributed by atoms with Gasteiger partial charge in [-0.1, -0.05) is 6.07 Å². The number of carbonyl (C=O) groups is 2. The van der Waals surface area contributed by atoms with Gasteiger partial charge in [-0.25, -0.2) is 13.6 Å². The second kappa shape index (κ2) is 5.34. The quantitative estimate of drug-likeness (QED) is 0.581. The fraction of sp³-hybridized carbons (Fsp3) is 0.273. The van der Waals surface area contributed by atoms with Crippen LogP contribution in [0.15, 0.2) is 18.2 Å². The fourth-order valence-electron chi connectivity index (χ4n) is 1.12. The van der Waals surface area contributed by atoms with Gasteiger partial charge in [0.2, 0.25) is 5.78 Å². The second-order valence-corrected chi connectivity index (χ2v) is 3.07. The minimum absolute atomic E-state index is 0.0996. The number of ether oxygens (including phenoxy) is 1. The van der Waals surface area contributed by atoms with E-state index in [9.17, 15) is 18.4 Å². The summed E-state index contributed by atoms with van der Waals surface area (Å²) in [4.78, 5) is 22.2.